The van der Waals surface area contributed by atoms with Crippen molar-refractivity contribution < 1.29 is 5.11 Å². The molecule has 0 aliphatic carbocycles. The number of aliphatic hydroxyl groups excluding tert-OH is 1. The molecule has 0 saturated heterocycles. The third kappa shape index (κ3) is 6.04. The SMILES string of the molecule is C=C[C@@](CCC)(CCCC)[C@@H](O)CCCCCC. The molecule has 108 valence electrons. The van der Waals surface area contributed by atoms with Crippen LogP contribution in [0.15, 0.2) is 12.7 Å². The molecule has 18 heavy (non-hydrogen) atoms. The van der Waals surface area contributed by atoms with E-state index in [-0.39, 0.29) is 11.5 Å². The fraction of sp³-hybridized carbons (Fsp3) is 0.882. The molecule has 0 aromatic heterocycles. The van der Waals surface area contributed by atoms with Gasteiger partial charge in [-0.05, 0) is 19.3 Å². The molecule has 0 rings (SSSR count). The lowest BCUT2D eigenvalue weighted by Gasteiger charge is -2.35. The molecule has 0 bridgehead atoms. The van der Waals surface area contributed by atoms with E-state index in [0.717, 1.165) is 32.1 Å². The highest BCUT2D eigenvalue weighted by atomic mass is 16.3. The van der Waals surface area contributed by atoms with Crippen molar-refractivity contribution in [2.24, 2.45) is 5.41 Å². The van der Waals surface area contributed by atoms with E-state index in [9.17, 15) is 5.11 Å². The maximum atomic E-state index is 10.5. The molecular weight excluding hydrogens is 220 g/mol. The largest absolute Gasteiger partial charge is 0.392 e. The van der Waals surface area contributed by atoms with Gasteiger partial charge < -0.3 is 5.11 Å². The molecule has 0 unspecified atom stereocenters. The van der Waals surface area contributed by atoms with E-state index < -0.39 is 0 Å². The summed E-state index contributed by atoms with van der Waals surface area (Å²) in [6.45, 7) is 10.7. The zero-order valence-electron chi connectivity index (χ0n) is 12.9. The van der Waals surface area contributed by atoms with Gasteiger partial charge >= 0.3 is 0 Å². The lowest BCUT2D eigenvalue weighted by atomic mass is 9.72. The molecule has 1 N–H and O–H groups in total. The Morgan fingerprint density at radius 1 is 0.944 bits per heavy atom. The van der Waals surface area contributed by atoms with E-state index >= 15 is 0 Å². The second-order valence-corrected chi connectivity index (χ2v) is 5.66. The Bertz CT molecular complexity index is 200. The summed E-state index contributed by atoms with van der Waals surface area (Å²) in [4.78, 5) is 0. The van der Waals surface area contributed by atoms with Gasteiger partial charge in [-0.2, -0.15) is 0 Å². The minimum absolute atomic E-state index is 0.0308. The van der Waals surface area contributed by atoms with Gasteiger partial charge in [-0.3, -0.25) is 0 Å². The summed E-state index contributed by atoms with van der Waals surface area (Å²) in [6, 6.07) is 0. The first-order valence-electron chi connectivity index (χ1n) is 7.98. The van der Waals surface area contributed by atoms with Crippen LogP contribution in [0.2, 0.25) is 0 Å². The highest BCUT2D eigenvalue weighted by molar-refractivity contribution is 4.99. The maximum absolute atomic E-state index is 10.5. The monoisotopic (exact) mass is 254 g/mol. The number of rotatable bonds is 12. The van der Waals surface area contributed by atoms with Gasteiger partial charge in [0.1, 0.15) is 0 Å². The van der Waals surface area contributed by atoms with E-state index in [1.165, 1.54) is 32.1 Å². The van der Waals surface area contributed by atoms with Crippen molar-refractivity contribution >= 4 is 0 Å². The summed E-state index contributed by atoms with van der Waals surface area (Å²) < 4.78 is 0. The van der Waals surface area contributed by atoms with Gasteiger partial charge in [0.25, 0.3) is 0 Å². The second-order valence-electron chi connectivity index (χ2n) is 5.66. The number of hydrogen-bond acceptors (Lipinski definition) is 1. The third-order valence-corrected chi connectivity index (χ3v) is 4.11. The third-order valence-electron chi connectivity index (χ3n) is 4.11. The van der Waals surface area contributed by atoms with Crippen LogP contribution in [0.4, 0.5) is 0 Å². The number of aliphatic hydroxyl groups is 1. The lowest BCUT2D eigenvalue weighted by Crippen LogP contribution is -2.33. The van der Waals surface area contributed by atoms with Crippen LogP contribution < -0.4 is 0 Å². The van der Waals surface area contributed by atoms with E-state index in [2.05, 4.69) is 27.4 Å². The molecule has 1 nitrogen and oxygen atoms in total. The Hall–Kier alpha value is -0.300. The Labute approximate surface area is 115 Å². The minimum Gasteiger partial charge on any atom is -0.392 e. The molecule has 0 aromatic carbocycles. The first-order chi connectivity index (χ1) is 8.66. The number of hydrogen-bond donors (Lipinski definition) is 1. The van der Waals surface area contributed by atoms with Gasteiger partial charge in [0.05, 0.1) is 6.10 Å². The fourth-order valence-electron chi connectivity index (χ4n) is 2.82. The average Bonchev–Trinajstić information content (AvgIpc) is 2.39. The zero-order chi connectivity index (χ0) is 13.9. The minimum atomic E-state index is -0.196. The van der Waals surface area contributed by atoms with Crippen molar-refractivity contribution in [3.63, 3.8) is 0 Å². The lowest BCUT2D eigenvalue weighted by molar-refractivity contribution is 0.0350. The first kappa shape index (κ1) is 17.7. The average molecular weight is 254 g/mol. The second kappa shape index (κ2) is 10.6. The van der Waals surface area contributed by atoms with Crippen molar-refractivity contribution in [2.45, 2.75) is 91.1 Å². The maximum Gasteiger partial charge on any atom is 0.0630 e. The zero-order valence-corrected chi connectivity index (χ0v) is 12.9. The quantitative estimate of drug-likeness (QED) is 0.361. The fourth-order valence-corrected chi connectivity index (χ4v) is 2.82. The molecule has 0 saturated carbocycles. The summed E-state index contributed by atoms with van der Waals surface area (Å²) in [6.07, 6.45) is 13.4. The van der Waals surface area contributed by atoms with Gasteiger partial charge in [0.15, 0.2) is 0 Å². The first-order valence-corrected chi connectivity index (χ1v) is 7.98. The van der Waals surface area contributed by atoms with Crippen molar-refractivity contribution in [1.29, 1.82) is 0 Å². The van der Waals surface area contributed by atoms with Crippen LogP contribution in [0.5, 0.6) is 0 Å². The van der Waals surface area contributed by atoms with E-state index in [1.54, 1.807) is 0 Å². The predicted octanol–water partition coefficient (Wildman–Crippen LogP) is 5.48. The molecule has 0 aliphatic heterocycles. The standard InChI is InChI=1S/C17H34O/c1-5-9-11-12-13-16(18)17(8-4,14-7-3)15-10-6-2/h8,16,18H,4-7,9-15H2,1-3H3/t16-,17+/m0/s1. The molecule has 0 aliphatic rings. The van der Waals surface area contributed by atoms with Crippen LogP contribution in [0.25, 0.3) is 0 Å². The van der Waals surface area contributed by atoms with Crippen molar-refractivity contribution in [3.05, 3.63) is 12.7 Å². The summed E-state index contributed by atoms with van der Waals surface area (Å²) in [5, 5.41) is 10.5. The van der Waals surface area contributed by atoms with Crippen LogP contribution in [0.1, 0.15) is 85.0 Å². The van der Waals surface area contributed by atoms with Crippen molar-refractivity contribution in [1.82, 2.24) is 0 Å². The Morgan fingerprint density at radius 3 is 2.11 bits per heavy atom. The van der Waals surface area contributed by atoms with E-state index in [0.29, 0.717) is 0 Å². The molecule has 2 atom stereocenters. The molecule has 0 aromatic rings. The van der Waals surface area contributed by atoms with E-state index in [1.807, 2.05) is 6.08 Å². The molecule has 0 spiro atoms. The predicted molar refractivity (Wildman–Crippen MR) is 81.8 cm³/mol. The summed E-state index contributed by atoms with van der Waals surface area (Å²) in [5.41, 5.74) is -0.0308. The van der Waals surface area contributed by atoms with Crippen LogP contribution in [0, 0.1) is 5.41 Å². The Kier molecular flexibility index (Phi) is 10.4. The van der Waals surface area contributed by atoms with Crippen LogP contribution in [0.3, 0.4) is 0 Å². The molecule has 1 heteroatoms. The highest BCUT2D eigenvalue weighted by Gasteiger charge is 2.32. The van der Waals surface area contributed by atoms with Gasteiger partial charge in [-0.25, -0.2) is 0 Å². The molecule has 0 amide bonds. The molecule has 0 fully saturated rings. The molecule has 0 heterocycles. The van der Waals surface area contributed by atoms with Crippen molar-refractivity contribution in [2.75, 3.05) is 0 Å². The molecular formula is C17H34O. The van der Waals surface area contributed by atoms with Crippen LogP contribution in [-0.4, -0.2) is 11.2 Å². The smallest absolute Gasteiger partial charge is 0.0630 e. The van der Waals surface area contributed by atoms with Gasteiger partial charge in [-0.15, -0.1) is 6.58 Å². The van der Waals surface area contributed by atoms with Gasteiger partial charge in [0.2, 0.25) is 0 Å². The van der Waals surface area contributed by atoms with Gasteiger partial charge in [-0.1, -0.05) is 71.8 Å². The number of unbranched alkanes of at least 4 members (excludes halogenated alkanes) is 4. The Morgan fingerprint density at radius 2 is 1.61 bits per heavy atom. The van der Waals surface area contributed by atoms with Crippen molar-refractivity contribution in [3.8, 4) is 0 Å². The summed E-state index contributed by atoms with van der Waals surface area (Å²) >= 11 is 0. The highest BCUT2D eigenvalue weighted by Crippen LogP contribution is 2.37. The van der Waals surface area contributed by atoms with E-state index in [4.69, 9.17) is 0 Å². The topological polar surface area (TPSA) is 20.2 Å². The summed E-state index contributed by atoms with van der Waals surface area (Å²) in [5.74, 6) is 0. The van der Waals surface area contributed by atoms with Crippen LogP contribution >= 0.6 is 0 Å². The van der Waals surface area contributed by atoms with Gasteiger partial charge in [0, 0.05) is 5.41 Å². The Balaban J connectivity index is 4.36. The molecule has 0 radical (unpaired) electrons. The summed E-state index contributed by atoms with van der Waals surface area (Å²) in [7, 11) is 0. The van der Waals surface area contributed by atoms with Crippen LogP contribution in [-0.2, 0) is 0 Å². The normalized spacial score (nSPS) is 16.2.